The molecule has 0 aliphatic rings. The van der Waals surface area contributed by atoms with Crippen LogP contribution >= 0.6 is 15.9 Å². The van der Waals surface area contributed by atoms with E-state index in [1.54, 1.807) is 30.3 Å². The van der Waals surface area contributed by atoms with Gasteiger partial charge < -0.3 is 10.1 Å². The zero-order chi connectivity index (χ0) is 15.4. The van der Waals surface area contributed by atoms with Crippen molar-refractivity contribution in [1.82, 2.24) is 0 Å². The normalized spacial score (nSPS) is 10.5. The largest absolute Gasteiger partial charge is 0.433 e. The molecule has 0 fully saturated rings. The lowest BCUT2D eigenvalue weighted by molar-refractivity contribution is -0.0493. The topological polar surface area (TPSA) is 38.3 Å². The Labute approximate surface area is 129 Å². The Bertz CT molecular complexity index is 662. The first-order chi connectivity index (χ1) is 9.97. The number of amides is 1. The maximum absolute atomic E-state index is 12.3. The van der Waals surface area contributed by atoms with Crippen LogP contribution in [-0.2, 0) is 0 Å². The summed E-state index contributed by atoms with van der Waals surface area (Å²) in [5.74, 6) is -0.467. The van der Waals surface area contributed by atoms with Crippen molar-refractivity contribution < 1.29 is 18.3 Å². The Morgan fingerprint density at radius 1 is 1.24 bits per heavy atom. The van der Waals surface area contributed by atoms with E-state index < -0.39 is 12.5 Å². The van der Waals surface area contributed by atoms with Crippen LogP contribution < -0.4 is 10.1 Å². The Balaban J connectivity index is 2.21. The number of alkyl halides is 2. The van der Waals surface area contributed by atoms with Crippen LogP contribution in [0.15, 0.2) is 46.9 Å². The molecule has 0 atom stereocenters. The molecule has 110 valence electrons. The van der Waals surface area contributed by atoms with Crippen LogP contribution in [-0.4, -0.2) is 12.5 Å². The predicted octanol–water partition coefficient (Wildman–Crippen LogP) is 4.61. The van der Waals surface area contributed by atoms with Crippen molar-refractivity contribution >= 4 is 27.5 Å². The molecule has 0 bridgehead atoms. The van der Waals surface area contributed by atoms with Gasteiger partial charge in [-0.05, 0) is 42.8 Å². The number of anilines is 1. The van der Waals surface area contributed by atoms with Gasteiger partial charge in [0.1, 0.15) is 5.75 Å². The fourth-order valence-electron chi connectivity index (χ4n) is 1.75. The molecule has 0 radical (unpaired) electrons. The second-order valence-electron chi connectivity index (χ2n) is 4.29. The average Bonchev–Trinajstić information content (AvgIpc) is 2.43. The molecule has 0 saturated heterocycles. The maximum Gasteiger partial charge on any atom is 0.387 e. The first kappa shape index (κ1) is 15.4. The molecule has 0 aliphatic carbocycles. The molecule has 0 unspecified atom stereocenters. The van der Waals surface area contributed by atoms with Crippen LogP contribution in [0, 0.1) is 6.92 Å². The Morgan fingerprint density at radius 2 is 1.95 bits per heavy atom. The monoisotopic (exact) mass is 355 g/mol. The first-order valence-corrected chi connectivity index (χ1v) is 6.88. The average molecular weight is 356 g/mol. The zero-order valence-electron chi connectivity index (χ0n) is 11.1. The molecule has 6 heteroatoms. The van der Waals surface area contributed by atoms with Gasteiger partial charge in [0, 0.05) is 10.0 Å². The smallest absolute Gasteiger partial charge is 0.387 e. The predicted molar refractivity (Wildman–Crippen MR) is 79.9 cm³/mol. The standard InChI is InChI=1S/C15H12BrF2NO2/c1-9-8-10(6-7-11(9)16)14(20)19-12-4-2-3-5-13(12)21-15(17)18/h2-8,15H,1H3,(H,19,20). The highest BCUT2D eigenvalue weighted by Crippen LogP contribution is 2.26. The SMILES string of the molecule is Cc1cc(C(=O)Nc2ccccc2OC(F)F)ccc1Br. The van der Waals surface area contributed by atoms with E-state index >= 15 is 0 Å². The van der Waals surface area contributed by atoms with Gasteiger partial charge in [-0.3, -0.25) is 4.79 Å². The van der Waals surface area contributed by atoms with Crippen molar-refractivity contribution in [3.8, 4) is 5.75 Å². The molecular formula is C15H12BrF2NO2. The van der Waals surface area contributed by atoms with Crippen molar-refractivity contribution in [2.45, 2.75) is 13.5 Å². The summed E-state index contributed by atoms with van der Waals surface area (Å²) < 4.78 is 29.9. The second kappa shape index (κ2) is 6.67. The quantitative estimate of drug-likeness (QED) is 0.869. The lowest BCUT2D eigenvalue weighted by atomic mass is 10.1. The number of halogens is 3. The van der Waals surface area contributed by atoms with Crippen molar-refractivity contribution in [3.05, 3.63) is 58.1 Å². The molecule has 0 aliphatic heterocycles. The molecule has 0 saturated carbocycles. The summed E-state index contributed by atoms with van der Waals surface area (Å²) in [6.07, 6.45) is 0. The van der Waals surface area contributed by atoms with E-state index in [1.165, 1.54) is 12.1 Å². The molecule has 1 N–H and O–H groups in total. The van der Waals surface area contributed by atoms with Gasteiger partial charge in [0.05, 0.1) is 5.69 Å². The molecule has 0 aromatic heterocycles. The van der Waals surface area contributed by atoms with E-state index in [0.717, 1.165) is 10.0 Å². The van der Waals surface area contributed by atoms with Crippen LogP contribution in [0.3, 0.4) is 0 Å². The van der Waals surface area contributed by atoms with Gasteiger partial charge in [-0.1, -0.05) is 28.1 Å². The zero-order valence-corrected chi connectivity index (χ0v) is 12.7. The van der Waals surface area contributed by atoms with Gasteiger partial charge in [-0.25, -0.2) is 0 Å². The number of rotatable bonds is 4. The van der Waals surface area contributed by atoms with Crippen molar-refractivity contribution in [3.63, 3.8) is 0 Å². The number of benzene rings is 2. The van der Waals surface area contributed by atoms with Crippen molar-refractivity contribution in [1.29, 1.82) is 0 Å². The number of aryl methyl sites for hydroxylation is 1. The van der Waals surface area contributed by atoms with Crippen LogP contribution in [0.1, 0.15) is 15.9 Å². The van der Waals surface area contributed by atoms with Crippen molar-refractivity contribution in [2.75, 3.05) is 5.32 Å². The van der Waals surface area contributed by atoms with Crippen LogP contribution in [0.5, 0.6) is 5.75 Å². The van der Waals surface area contributed by atoms with Crippen LogP contribution in [0.2, 0.25) is 0 Å². The maximum atomic E-state index is 12.3. The van der Waals surface area contributed by atoms with E-state index in [9.17, 15) is 13.6 Å². The van der Waals surface area contributed by atoms with Crippen LogP contribution in [0.4, 0.5) is 14.5 Å². The minimum Gasteiger partial charge on any atom is -0.433 e. The molecular weight excluding hydrogens is 344 g/mol. The molecule has 3 nitrogen and oxygen atoms in total. The minimum absolute atomic E-state index is 0.0744. The lowest BCUT2D eigenvalue weighted by Crippen LogP contribution is -2.14. The van der Waals surface area contributed by atoms with Crippen LogP contribution in [0.25, 0.3) is 0 Å². The first-order valence-electron chi connectivity index (χ1n) is 6.08. The van der Waals surface area contributed by atoms with Gasteiger partial charge in [-0.15, -0.1) is 0 Å². The number of hydrogen-bond acceptors (Lipinski definition) is 2. The van der Waals surface area contributed by atoms with E-state index in [2.05, 4.69) is 26.0 Å². The van der Waals surface area contributed by atoms with Gasteiger partial charge >= 0.3 is 6.61 Å². The summed E-state index contributed by atoms with van der Waals surface area (Å²) in [6, 6.07) is 11.2. The number of para-hydroxylation sites is 2. The Morgan fingerprint density at radius 3 is 2.62 bits per heavy atom. The molecule has 2 rings (SSSR count). The van der Waals surface area contributed by atoms with Gasteiger partial charge in [0.15, 0.2) is 0 Å². The minimum atomic E-state index is -2.95. The summed E-state index contributed by atoms with van der Waals surface area (Å²) in [6.45, 7) is -1.09. The van der Waals surface area contributed by atoms with Gasteiger partial charge in [0.25, 0.3) is 5.91 Å². The van der Waals surface area contributed by atoms with E-state index in [0.29, 0.717) is 5.56 Å². The third-order valence-corrected chi connectivity index (χ3v) is 3.66. The molecule has 2 aromatic rings. The fourth-order valence-corrected chi connectivity index (χ4v) is 2.00. The summed E-state index contributed by atoms with van der Waals surface area (Å²) >= 11 is 3.35. The van der Waals surface area contributed by atoms with E-state index in [4.69, 9.17) is 0 Å². The van der Waals surface area contributed by atoms with Crippen molar-refractivity contribution in [2.24, 2.45) is 0 Å². The lowest BCUT2D eigenvalue weighted by Gasteiger charge is -2.12. The third-order valence-electron chi connectivity index (χ3n) is 2.77. The van der Waals surface area contributed by atoms with E-state index in [-0.39, 0.29) is 11.4 Å². The highest BCUT2D eigenvalue weighted by Gasteiger charge is 2.13. The molecule has 21 heavy (non-hydrogen) atoms. The number of ether oxygens (including phenoxy) is 1. The third kappa shape index (κ3) is 4.01. The van der Waals surface area contributed by atoms with Gasteiger partial charge in [-0.2, -0.15) is 8.78 Å². The fraction of sp³-hybridized carbons (Fsp3) is 0.133. The second-order valence-corrected chi connectivity index (χ2v) is 5.15. The summed E-state index contributed by atoms with van der Waals surface area (Å²) in [5, 5.41) is 2.57. The molecule has 0 heterocycles. The summed E-state index contributed by atoms with van der Waals surface area (Å²) in [4.78, 5) is 12.1. The summed E-state index contributed by atoms with van der Waals surface area (Å²) in [5.41, 5.74) is 1.53. The van der Waals surface area contributed by atoms with E-state index in [1.807, 2.05) is 6.92 Å². The molecule has 1 amide bonds. The van der Waals surface area contributed by atoms with Gasteiger partial charge in [0.2, 0.25) is 0 Å². The highest BCUT2D eigenvalue weighted by atomic mass is 79.9. The summed E-state index contributed by atoms with van der Waals surface area (Å²) in [7, 11) is 0. The Hall–Kier alpha value is -1.95. The highest BCUT2D eigenvalue weighted by molar-refractivity contribution is 9.10. The molecule has 2 aromatic carbocycles. The molecule has 0 spiro atoms. The number of carbonyl (C=O) groups excluding carboxylic acids is 1. The number of nitrogens with one attached hydrogen (secondary N) is 1. The number of hydrogen-bond donors (Lipinski definition) is 1. The number of carbonyl (C=O) groups is 1. The Kier molecular flexibility index (Phi) is 4.90.